The van der Waals surface area contributed by atoms with Gasteiger partial charge in [-0.2, -0.15) is 0 Å². The van der Waals surface area contributed by atoms with Crippen LogP contribution in [0.5, 0.6) is 0 Å². The van der Waals surface area contributed by atoms with Crippen molar-refractivity contribution in [2.45, 2.75) is 46.6 Å². The fourth-order valence-corrected chi connectivity index (χ4v) is 5.47. The lowest BCUT2D eigenvalue weighted by atomic mass is 10.0. The fourth-order valence-electron chi connectivity index (χ4n) is 3.69. The van der Waals surface area contributed by atoms with Crippen LogP contribution in [0.3, 0.4) is 0 Å². The lowest BCUT2D eigenvalue weighted by molar-refractivity contribution is -0.131. The highest BCUT2D eigenvalue weighted by Gasteiger charge is 2.32. The standard InChI is InChI=1S/C19H28N2O4S/c1-13-10-14(2)19(15(3)11-13)21(16(4)22)8-6-18(23)20(5)17-7-9-26(24,25)12-17/h10-11,17H,6-9,12H2,1-5H3. The summed E-state index contributed by atoms with van der Waals surface area (Å²) in [6.45, 7) is 7.71. The molecule has 1 fully saturated rings. The number of benzene rings is 1. The van der Waals surface area contributed by atoms with E-state index in [1.165, 1.54) is 11.8 Å². The maximum absolute atomic E-state index is 12.5. The Morgan fingerprint density at radius 1 is 1.15 bits per heavy atom. The van der Waals surface area contributed by atoms with E-state index in [-0.39, 0.29) is 42.3 Å². The van der Waals surface area contributed by atoms with E-state index >= 15 is 0 Å². The minimum absolute atomic E-state index is 0.0296. The number of rotatable bonds is 5. The number of hydrogen-bond donors (Lipinski definition) is 0. The smallest absolute Gasteiger partial charge is 0.224 e. The molecule has 0 aromatic heterocycles. The second kappa shape index (κ2) is 7.78. The van der Waals surface area contributed by atoms with Crippen LogP contribution in [0.1, 0.15) is 36.5 Å². The fraction of sp³-hybridized carbons (Fsp3) is 0.579. The first-order valence-corrected chi connectivity index (χ1v) is 10.7. The van der Waals surface area contributed by atoms with Crippen LogP contribution in [0.15, 0.2) is 12.1 Å². The number of aryl methyl sites for hydroxylation is 3. The Morgan fingerprint density at radius 3 is 2.19 bits per heavy atom. The van der Waals surface area contributed by atoms with Gasteiger partial charge < -0.3 is 9.80 Å². The van der Waals surface area contributed by atoms with E-state index in [9.17, 15) is 18.0 Å². The van der Waals surface area contributed by atoms with E-state index in [1.807, 2.05) is 32.9 Å². The molecule has 1 saturated heterocycles. The van der Waals surface area contributed by atoms with Crippen LogP contribution in [0.25, 0.3) is 0 Å². The second-order valence-electron chi connectivity index (χ2n) is 7.23. The maximum atomic E-state index is 12.5. The highest BCUT2D eigenvalue weighted by Crippen LogP contribution is 2.27. The summed E-state index contributed by atoms with van der Waals surface area (Å²) in [5.41, 5.74) is 3.98. The number of hydrogen-bond acceptors (Lipinski definition) is 4. The molecule has 6 nitrogen and oxygen atoms in total. The molecule has 0 aliphatic carbocycles. The van der Waals surface area contributed by atoms with E-state index in [1.54, 1.807) is 11.9 Å². The summed E-state index contributed by atoms with van der Waals surface area (Å²) in [5.74, 6) is -0.0851. The third kappa shape index (κ3) is 4.63. The topological polar surface area (TPSA) is 74.8 Å². The van der Waals surface area contributed by atoms with E-state index in [2.05, 4.69) is 0 Å². The maximum Gasteiger partial charge on any atom is 0.224 e. The molecule has 0 spiro atoms. The van der Waals surface area contributed by atoms with Crippen LogP contribution in [0.4, 0.5) is 5.69 Å². The molecule has 0 saturated carbocycles. The van der Waals surface area contributed by atoms with Gasteiger partial charge in [-0.1, -0.05) is 17.7 Å². The first kappa shape index (κ1) is 20.4. The zero-order chi connectivity index (χ0) is 19.6. The molecule has 2 rings (SSSR count). The molecule has 26 heavy (non-hydrogen) atoms. The van der Waals surface area contributed by atoms with Crippen molar-refractivity contribution in [2.75, 3.05) is 30.0 Å². The van der Waals surface area contributed by atoms with Crippen molar-refractivity contribution in [3.8, 4) is 0 Å². The number of amides is 2. The molecule has 1 aromatic rings. The Bertz CT molecular complexity index is 794. The zero-order valence-corrected chi connectivity index (χ0v) is 17.0. The zero-order valence-electron chi connectivity index (χ0n) is 16.2. The largest absolute Gasteiger partial charge is 0.342 e. The van der Waals surface area contributed by atoms with Crippen molar-refractivity contribution in [3.63, 3.8) is 0 Å². The molecule has 1 atom stereocenters. The quantitative estimate of drug-likeness (QED) is 0.783. The molecule has 0 N–H and O–H groups in total. The third-order valence-corrected chi connectivity index (χ3v) is 6.73. The number of carbonyl (C=O) groups excluding carboxylic acids is 2. The van der Waals surface area contributed by atoms with Crippen molar-refractivity contribution >= 4 is 27.3 Å². The molecule has 1 aliphatic heterocycles. The molecular weight excluding hydrogens is 352 g/mol. The van der Waals surface area contributed by atoms with E-state index in [0.29, 0.717) is 6.42 Å². The van der Waals surface area contributed by atoms with Crippen LogP contribution >= 0.6 is 0 Å². The first-order valence-electron chi connectivity index (χ1n) is 8.84. The molecule has 7 heteroatoms. The molecule has 1 aromatic carbocycles. The SMILES string of the molecule is CC(=O)N(CCC(=O)N(C)C1CCS(=O)(=O)C1)c1c(C)cc(C)cc1C. The average molecular weight is 381 g/mol. The van der Waals surface area contributed by atoms with Gasteiger partial charge in [-0.25, -0.2) is 8.42 Å². The van der Waals surface area contributed by atoms with Gasteiger partial charge in [0.25, 0.3) is 0 Å². The minimum Gasteiger partial charge on any atom is -0.342 e. The summed E-state index contributed by atoms with van der Waals surface area (Å²) in [4.78, 5) is 27.9. The predicted molar refractivity (Wildman–Crippen MR) is 103 cm³/mol. The number of carbonyl (C=O) groups is 2. The summed E-state index contributed by atoms with van der Waals surface area (Å²) >= 11 is 0. The number of anilines is 1. The van der Waals surface area contributed by atoms with Crippen molar-refractivity contribution < 1.29 is 18.0 Å². The second-order valence-corrected chi connectivity index (χ2v) is 9.46. The van der Waals surface area contributed by atoms with Gasteiger partial charge in [-0.15, -0.1) is 0 Å². The molecule has 1 aliphatic rings. The van der Waals surface area contributed by atoms with Gasteiger partial charge in [0.2, 0.25) is 11.8 Å². The Balaban J connectivity index is 2.10. The summed E-state index contributed by atoms with van der Waals surface area (Å²) in [7, 11) is -1.39. The van der Waals surface area contributed by atoms with Crippen molar-refractivity contribution in [2.24, 2.45) is 0 Å². The van der Waals surface area contributed by atoms with Gasteiger partial charge in [0.1, 0.15) is 0 Å². The van der Waals surface area contributed by atoms with Crippen LogP contribution in [-0.2, 0) is 19.4 Å². The monoisotopic (exact) mass is 380 g/mol. The molecule has 0 radical (unpaired) electrons. The summed E-state index contributed by atoms with van der Waals surface area (Å²) in [6.07, 6.45) is 0.649. The van der Waals surface area contributed by atoms with Gasteiger partial charge in [0.05, 0.1) is 11.5 Å². The Labute approximate surface area is 156 Å². The Kier molecular flexibility index (Phi) is 6.11. The lowest BCUT2D eigenvalue weighted by Gasteiger charge is -2.28. The summed E-state index contributed by atoms with van der Waals surface area (Å²) in [5, 5.41) is 0. The van der Waals surface area contributed by atoms with Crippen LogP contribution < -0.4 is 4.90 Å². The van der Waals surface area contributed by atoms with Crippen molar-refractivity contribution in [1.82, 2.24) is 4.90 Å². The molecule has 1 heterocycles. The van der Waals surface area contributed by atoms with E-state index < -0.39 is 9.84 Å². The van der Waals surface area contributed by atoms with E-state index in [0.717, 1.165) is 22.4 Å². The highest BCUT2D eigenvalue weighted by atomic mass is 32.2. The van der Waals surface area contributed by atoms with Crippen molar-refractivity contribution in [1.29, 1.82) is 0 Å². The Hall–Kier alpha value is -1.89. The summed E-state index contributed by atoms with van der Waals surface area (Å²) < 4.78 is 23.2. The highest BCUT2D eigenvalue weighted by molar-refractivity contribution is 7.91. The third-order valence-electron chi connectivity index (χ3n) is 4.98. The molecule has 1 unspecified atom stereocenters. The number of nitrogens with zero attached hydrogens (tertiary/aromatic N) is 2. The van der Waals surface area contributed by atoms with Gasteiger partial charge in [-0.05, 0) is 38.3 Å². The normalized spacial score (nSPS) is 18.6. The Morgan fingerprint density at radius 2 is 1.73 bits per heavy atom. The van der Waals surface area contributed by atoms with Crippen LogP contribution in [-0.4, -0.2) is 56.3 Å². The first-order chi connectivity index (χ1) is 12.0. The minimum atomic E-state index is -3.04. The van der Waals surface area contributed by atoms with Gasteiger partial charge in [0, 0.05) is 38.7 Å². The molecular formula is C19H28N2O4S. The number of sulfone groups is 1. The van der Waals surface area contributed by atoms with Gasteiger partial charge >= 0.3 is 0 Å². The van der Waals surface area contributed by atoms with E-state index in [4.69, 9.17) is 0 Å². The van der Waals surface area contributed by atoms with Gasteiger partial charge in [-0.3, -0.25) is 9.59 Å². The average Bonchev–Trinajstić information content (AvgIpc) is 2.88. The predicted octanol–water partition coefficient (Wildman–Crippen LogP) is 2.00. The molecule has 0 bridgehead atoms. The van der Waals surface area contributed by atoms with Crippen LogP contribution in [0.2, 0.25) is 0 Å². The molecule has 144 valence electrons. The molecule has 2 amide bonds. The summed E-state index contributed by atoms with van der Waals surface area (Å²) in [6, 6.07) is 3.78. The lowest BCUT2D eigenvalue weighted by Crippen LogP contribution is -2.40. The van der Waals surface area contributed by atoms with Gasteiger partial charge in [0.15, 0.2) is 9.84 Å². The van der Waals surface area contributed by atoms with Crippen LogP contribution in [0, 0.1) is 20.8 Å². The van der Waals surface area contributed by atoms with Crippen molar-refractivity contribution in [3.05, 3.63) is 28.8 Å².